The average molecular weight is 378 g/mol. The van der Waals surface area contributed by atoms with E-state index in [2.05, 4.69) is 4.99 Å². The number of non-ortho nitro benzene ring substituents is 1. The highest BCUT2D eigenvalue weighted by Gasteiger charge is 2.05. The number of rotatable bonds is 5. The highest BCUT2D eigenvalue weighted by atomic mass is 32.2. The maximum absolute atomic E-state index is 10.7. The van der Waals surface area contributed by atoms with E-state index in [1.54, 1.807) is 18.3 Å². The molecule has 0 saturated heterocycles. The Kier molecular flexibility index (Phi) is 5.57. The lowest BCUT2D eigenvalue weighted by Gasteiger charge is -2.04. The van der Waals surface area contributed by atoms with E-state index in [-0.39, 0.29) is 5.69 Å². The van der Waals surface area contributed by atoms with Crippen LogP contribution in [0.3, 0.4) is 0 Å². The lowest BCUT2D eigenvalue weighted by molar-refractivity contribution is -0.384. The van der Waals surface area contributed by atoms with Crippen LogP contribution in [-0.2, 0) is 0 Å². The first-order valence-corrected chi connectivity index (χ1v) is 9.11. The minimum Gasteiger partial charge on any atom is -0.507 e. The molecule has 27 heavy (non-hydrogen) atoms. The van der Waals surface area contributed by atoms with Gasteiger partial charge in [0.05, 0.1) is 10.6 Å². The Bertz CT molecular complexity index is 974. The van der Waals surface area contributed by atoms with Crippen molar-refractivity contribution in [1.29, 1.82) is 0 Å². The van der Waals surface area contributed by atoms with Gasteiger partial charge in [-0.2, -0.15) is 0 Å². The van der Waals surface area contributed by atoms with Gasteiger partial charge in [-0.05, 0) is 79.1 Å². The third kappa shape index (κ3) is 4.74. The van der Waals surface area contributed by atoms with Crippen LogP contribution in [0.15, 0.2) is 75.4 Å². The Labute approximate surface area is 161 Å². The molecule has 0 unspecified atom stereocenters. The van der Waals surface area contributed by atoms with Gasteiger partial charge in [0.2, 0.25) is 0 Å². The van der Waals surface area contributed by atoms with Crippen molar-refractivity contribution < 1.29 is 10.0 Å². The Morgan fingerprint density at radius 1 is 0.963 bits per heavy atom. The predicted octanol–water partition coefficient (Wildman–Crippen LogP) is 5.82. The molecular weight excluding hydrogens is 360 g/mol. The van der Waals surface area contributed by atoms with Gasteiger partial charge >= 0.3 is 0 Å². The summed E-state index contributed by atoms with van der Waals surface area (Å²) >= 11 is 1.53. The van der Waals surface area contributed by atoms with Gasteiger partial charge < -0.3 is 5.11 Å². The van der Waals surface area contributed by atoms with Gasteiger partial charge in [0.15, 0.2) is 0 Å². The molecular formula is C21H18N2O3S. The van der Waals surface area contributed by atoms with Gasteiger partial charge in [0, 0.05) is 28.1 Å². The number of benzene rings is 3. The molecule has 0 radical (unpaired) electrons. The number of nitro groups is 1. The van der Waals surface area contributed by atoms with Crippen LogP contribution >= 0.6 is 11.8 Å². The second-order valence-electron chi connectivity index (χ2n) is 6.11. The fraction of sp³-hybridized carbons (Fsp3) is 0.0952. The minimum absolute atomic E-state index is 0.0868. The Morgan fingerprint density at radius 2 is 1.48 bits per heavy atom. The summed E-state index contributed by atoms with van der Waals surface area (Å²) in [5, 5.41) is 20.5. The summed E-state index contributed by atoms with van der Waals surface area (Å²) in [5.41, 5.74) is 3.50. The van der Waals surface area contributed by atoms with Crippen molar-refractivity contribution in [1.82, 2.24) is 0 Å². The molecule has 0 aliphatic carbocycles. The average Bonchev–Trinajstić information content (AvgIpc) is 2.66. The molecule has 6 heteroatoms. The smallest absolute Gasteiger partial charge is 0.269 e. The summed E-state index contributed by atoms with van der Waals surface area (Å²) in [6.07, 6.45) is 1.78. The molecule has 136 valence electrons. The van der Waals surface area contributed by atoms with Crippen LogP contribution in [-0.4, -0.2) is 16.2 Å². The van der Waals surface area contributed by atoms with Gasteiger partial charge in [0.25, 0.3) is 5.69 Å². The number of phenols is 1. The summed E-state index contributed by atoms with van der Waals surface area (Å²) in [6.45, 7) is 3.73. The molecule has 0 spiro atoms. The minimum atomic E-state index is -0.404. The van der Waals surface area contributed by atoms with E-state index in [0.717, 1.165) is 32.2 Å². The van der Waals surface area contributed by atoms with E-state index in [1.807, 2.05) is 50.2 Å². The molecule has 5 nitrogen and oxygen atoms in total. The number of aliphatic imine (C=N–C) groups is 1. The molecule has 0 aliphatic heterocycles. The summed E-state index contributed by atoms with van der Waals surface area (Å²) in [5.74, 6) is 0.319. The lowest BCUT2D eigenvalue weighted by Crippen LogP contribution is -1.87. The van der Waals surface area contributed by atoms with Crippen molar-refractivity contribution in [3.63, 3.8) is 0 Å². The van der Waals surface area contributed by atoms with E-state index in [9.17, 15) is 15.2 Å². The molecule has 3 aromatic rings. The van der Waals surface area contributed by atoms with Crippen molar-refractivity contribution in [2.75, 3.05) is 0 Å². The Morgan fingerprint density at radius 3 is 2.00 bits per heavy atom. The van der Waals surface area contributed by atoms with Crippen molar-refractivity contribution in [2.45, 2.75) is 23.6 Å². The van der Waals surface area contributed by atoms with Crippen LogP contribution in [0.5, 0.6) is 5.75 Å². The van der Waals surface area contributed by atoms with Crippen LogP contribution in [0.4, 0.5) is 11.4 Å². The van der Waals surface area contributed by atoms with Crippen molar-refractivity contribution in [2.24, 2.45) is 4.99 Å². The highest BCUT2D eigenvalue weighted by molar-refractivity contribution is 7.99. The summed E-state index contributed by atoms with van der Waals surface area (Å²) in [4.78, 5) is 16.7. The highest BCUT2D eigenvalue weighted by Crippen LogP contribution is 2.30. The summed E-state index contributed by atoms with van der Waals surface area (Å²) in [6, 6.07) is 18.0. The van der Waals surface area contributed by atoms with Crippen molar-refractivity contribution >= 4 is 29.4 Å². The monoisotopic (exact) mass is 378 g/mol. The molecule has 0 aliphatic rings. The predicted molar refractivity (Wildman–Crippen MR) is 108 cm³/mol. The van der Waals surface area contributed by atoms with Crippen molar-refractivity contribution in [3.05, 3.63) is 87.5 Å². The molecule has 1 N–H and O–H groups in total. The SMILES string of the molecule is Cc1cc(C=Nc2ccc(Sc3ccc([N+](=O)[O-])cc3)cc2)cc(C)c1O. The summed E-state index contributed by atoms with van der Waals surface area (Å²) in [7, 11) is 0. The lowest BCUT2D eigenvalue weighted by atomic mass is 10.1. The van der Waals surface area contributed by atoms with E-state index in [4.69, 9.17) is 0 Å². The van der Waals surface area contributed by atoms with Crippen LogP contribution in [0, 0.1) is 24.0 Å². The molecule has 0 bridgehead atoms. The quantitative estimate of drug-likeness (QED) is 0.345. The number of hydrogen-bond acceptors (Lipinski definition) is 5. The largest absolute Gasteiger partial charge is 0.507 e. The molecule has 0 aromatic heterocycles. The molecule has 0 saturated carbocycles. The first-order chi connectivity index (χ1) is 12.9. The number of nitrogens with zero attached hydrogens (tertiary/aromatic N) is 2. The fourth-order valence-electron chi connectivity index (χ4n) is 2.59. The van der Waals surface area contributed by atoms with Gasteiger partial charge in [-0.3, -0.25) is 15.1 Å². The summed E-state index contributed by atoms with van der Waals surface area (Å²) < 4.78 is 0. The fourth-order valence-corrected chi connectivity index (χ4v) is 3.40. The molecule has 0 heterocycles. The first kappa shape index (κ1) is 18.7. The second-order valence-corrected chi connectivity index (χ2v) is 7.26. The third-order valence-corrected chi connectivity index (χ3v) is 5.01. The molecule has 0 atom stereocenters. The van der Waals surface area contributed by atoms with Crippen molar-refractivity contribution in [3.8, 4) is 5.75 Å². The molecule has 0 amide bonds. The standard InChI is InChI=1S/C21H18N2O3S/c1-14-11-16(12-15(2)21(14)24)13-22-17-3-7-19(8-4-17)27-20-9-5-18(6-10-20)23(25)26/h3-13,24H,1-2H3. The number of aromatic hydroxyl groups is 1. The third-order valence-electron chi connectivity index (χ3n) is 4.00. The number of hydrogen-bond donors (Lipinski definition) is 1. The van der Waals surface area contributed by atoms with E-state index in [1.165, 1.54) is 23.9 Å². The number of phenolic OH excluding ortho intramolecular Hbond substituents is 1. The van der Waals surface area contributed by atoms with Gasteiger partial charge in [0.1, 0.15) is 5.75 Å². The number of aryl methyl sites for hydroxylation is 2. The zero-order valence-corrected chi connectivity index (χ0v) is 15.7. The van der Waals surface area contributed by atoms with E-state index < -0.39 is 4.92 Å². The first-order valence-electron chi connectivity index (χ1n) is 8.29. The Hall–Kier alpha value is -3.12. The molecule has 3 aromatic carbocycles. The van der Waals surface area contributed by atoms with Gasteiger partial charge in [-0.15, -0.1) is 0 Å². The molecule has 3 rings (SSSR count). The van der Waals surface area contributed by atoms with Crippen LogP contribution in [0.2, 0.25) is 0 Å². The van der Waals surface area contributed by atoms with Gasteiger partial charge in [-0.1, -0.05) is 11.8 Å². The van der Waals surface area contributed by atoms with Crippen LogP contribution < -0.4 is 0 Å². The van der Waals surface area contributed by atoms with Crippen LogP contribution in [0.25, 0.3) is 0 Å². The van der Waals surface area contributed by atoms with E-state index >= 15 is 0 Å². The molecule has 0 fully saturated rings. The van der Waals surface area contributed by atoms with Gasteiger partial charge in [-0.25, -0.2) is 0 Å². The normalized spacial score (nSPS) is 11.0. The zero-order chi connectivity index (χ0) is 19.4. The maximum Gasteiger partial charge on any atom is 0.269 e. The van der Waals surface area contributed by atoms with E-state index in [0.29, 0.717) is 5.75 Å². The maximum atomic E-state index is 10.7. The topological polar surface area (TPSA) is 75.7 Å². The second kappa shape index (κ2) is 8.05. The number of nitro benzene ring substituents is 1. The zero-order valence-electron chi connectivity index (χ0n) is 14.9. The Balaban J connectivity index is 1.69. The van der Waals surface area contributed by atoms with Crippen LogP contribution in [0.1, 0.15) is 16.7 Å².